The molecular weight excluding hydrogens is 198 g/mol. The number of nitrogens with one attached hydrogen (secondary N) is 1. The van der Waals surface area contributed by atoms with Crippen molar-refractivity contribution < 1.29 is 4.74 Å². The maximum absolute atomic E-state index is 6.06. The van der Waals surface area contributed by atoms with Crippen LogP contribution < -0.4 is 5.32 Å². The summed E-state index contributed by atoms with van der Waals surface area (Å²) in [5, 5.41) is 3.56. The van der Waals surface area contributed by atoms with Gasteiger partial charge in [-0.3, -0.25) is 0 Å². The minimum absolute atomic E-state index is 0.0224. The van der Waals surface area contributed by atoms with Gasteiger partial charge in [-0.25, -0.2) is 0 Å². The maximum atomic E-state index is 6.06. The third-order valence-corrected chi connectivity index (χ3v) is 3.40. The van der Waals surface area contributed by atoms with E-state index < -0.39 is 0 Å². The van der Waals surface area contributed by atoms with E-state index in [2.05, 4.69) is 33.0 Å². The Hall–Kier alpha value is 0.210. The average Bonchev–Trinajstić information content (AvgIpc) is 2.03. The van der Waals surface area contributed by atoms with Crippen LogP contribution >= 0.6 is 11.6 Å². The fourth-order valence-corrected chi connectivity index (χ4v) is 1.01. The van der Waals surface area contributed by atoms with E-state index in [1.165, 1.54) is 0 Å². The molecule has 0 aliphatic heterocycles. The molecule has 0 aliphatic rings. The van der Waals surface area contributed by atoms with Gasteiger partial charge in [-0.05, 0) is 47.6 Å². The number of hydrogen-bond donors (Lipinski definition) is 1. The third-order valence-electron chi connectivity index (χ3n) is 2.85. The number of rotatable bonds is 6. The molecule has 1 unspecified atom stereocenters. The van der Waals surface area contributed by atoms with Crippen molar-refractivity contribution in [2.24, 2.45) is 0 Å². The van der Waals surface area contributed by atoms with Crippen LogP contribution in [0.25, 0.3) is 0 Å². The molecule has 3 heteroatoms. The van der Waals surface area contributed by atoms with E-state index in [0.29, 0.717) is 0 Å². The highest BCUT2D eigenvalue weighted by molar-refractivity contribution is 6.21. The van der Waals surface area contributed by atoms with Crippen LogP contribution in [0.2, 0.25) is 0 Å². The van der Waals surface area contributed by atoms with Crippen molar-refractivity contribution in [2.75, 3.05) is 13.7 Å². The van der Waals surface area contributed by atoms with E-state index in [9.17, 15) is 0 Å². The van der Waals surface area contributed by atoms with Crippen LogP contribution in [0.3, 0.4) is 0 Å². The summed E-state index contributed by atoms with van der Waals surface area (Å²) in [6, 6.07) is 0. The minimum atomic E-state index is -0.0569. The minimum Gasteiger partial charge on any atom is -0.379 e. The molecule has 0 heterocycles. The van der Waals surface area contributed by atoms with Gasteiger partial charge in [-0.1, -0.05) is 0 Å². The van der Waals surface area contributed by atoms with Crippen molar-refractivity contribution in [2.45, 2.75) is 57.6 Å². The summed E-state index contributed by atoms with van der Waals surface area (Å²) in [7, 11) is 1.75. The van der Waals surface area contributed by atoms with Gasteiger partial charge in [0.1, 0.15) is 0 Å². The fourth-order valence-electron chi connectivity index (χ4n) is 0.928. The molecule has 0 amide bonds. The van der Waals surface area contributed by atoms with E-state index in [1.807, 2.05) is 6.92 Å². The van der Waals surface area contributed by atoms with Crippen molar-refractivity contribution >= 4 is 11.6 Å². The second-order valence-corrected chi connectivity index (χ2v) is 5.63. The predicted octanol–water partition coefficient (Wildman–Crippen LogP) is 2.80. The Balaban J connectivity index is 3.85. The molecule has 2 nitrogen and oxygen atoms in total. The smallest absolute Gasteiger partial charge is 0.0634 e. The lowest BCUT2D eigenvalue weighted by molar-refractivity contribution is 0.0146. The molecule has 1 atom stereocenters. The van der Waals surface area contributed by atoms with Crippen LogP contribution in [0, 0.1) is 0 Å². The highest BCUT2D eigenvalue weighted by atomic mass is 35.5. The molecule has 0 rings (SSSR count). The molecule has 0 aromatic heterocycles. The molecule has 0 aromatic carbocycles. The maximum Gasteiger partial charge on any atom is 0.0634 e. The largest absolute Gasteiger partial charge is 0.379 e. The SMILES string of the molecule is COC(C)(C)CCNC(C)(C)C(C)Cl. The summed E-state index contributed by atoms with van der Waals surface area (Å²) in [6.45, 7) is 11.3. The molecule has 0 aliphatic carbocycles. The summed E-state index contributed by atoms with van der Waals surface area (Å²) in [5.74, 6) is 0. The van der Waals surface area contributed by atoms with E-state index in [4.69, 9.17) is 16.3 Å². The molecule has 1 N–H and O–H groups in total. The van der Waals surface area contributed by atoms with Crippen molar-refractivity contribution in [3.05, 3.63) is 0 Å². The van der Waals surface area contributed by atoms with Gasteiger partial charge in [0.15, 0.2) is 0 Å². The standard InChI is InChI=1S/C11H24ClNO/c1-9(12)11(4,5)13-8-7-10(2,3)14-6/h9,13H,7-8H2,1-6H3. The Bertz CT molecular complexity index is 167. The number of alkyl halides is 1. The summed E-state index contributed by atoms with van der Waals surface area (Å²) in [5.41, 5.74) is -0.0794. The molecule has 14 heavy (non-hydrogen) atoms. The molecule has 0 bridgehead atoms. The predicted molar refractivity (Wildman–Crippen MR) is 63.1 cm³/mol. The van der Waals surface area contributed by atoms with Crippen LogP contribution in [-0.4, -0.2) is 30.2 Å². The van der Waals surface area contributed by atoms with E-state index >= 15 is 0 Å². The van der Waals surface area contributed by atoms with Crippen LogP contribution in [0.1, 0.15) is 41.0 Å². The molecule has 0 aromatic rings. The molecule has 0 saturated heterocycles. The molecule has 0 spiro atoms. The highest BCUT2D eigenvalue weighted by Crippen LogP contribution is 2.16. The zero-order valence-electron chi connectivity index (χ0n) is 10.3. The summed E-state index contributed by atoms with van der Waals surface area (Å²) >= 11 is 6.06. The number of ether oxygens (including phenoxy) is 1. The summed E-state index contributed by atoms with van der Waals surface area (Å²) in [6.07, 6.45) is 0.983. The first-order valence-corrected chi connectivity index (χ1v) is 5.59. The normalized spacial score (nSPS) is 15.6. The van der Waals surface area contributed by atoms with Crippen molar-refractivity contribution in [1.82, 2.24) is 5.32 Å². The summed E-state index contributed by atoms with van der Waals surface area (Å²) in [4.78, 5) is 0. The second-order valence-electron chi connectivity index (χ2n) is 4.98. The molecule has 0 radical (unpaired) electrons. The zero-order chi connectivity index (χ0) is 11.4. The highest BCUT2D eigenvalue weighted by Gasteiger charge is 2.24. The Morgan fingerprint density at radius 1 is 1.29 bits per heavy atom. The van der Waals surface area contributed by atoms with Gasteiger partial charge >= 0.3 is 0 Å². The van der Waals surface area contributed by atoms with Crippen LogP contribution in [-0.2, 0) is 4.74 Å². The van der Waals surface area contributed by atoms with Gasteiger partial charge in [0.05, 0.1) is 5.60 Å². The third kappa shape index (κ3) is 5.18. The van der Waals surface area contributed by atoms with Crippen molar-refractivity contribution in [3.8, 4) is 0 Å². The molecule has 0 saturated carbocycles. The fraction of sp³-hybridized carbons (Fsp3) is 1.00. The van der Waals surface area contributed by atoms with Crippen LogP contribution in [0.4, 0.5) is 0 Å². The average molecular weight is 222 g/mol. The Morgan fingerprint density at radius 3 is 2.14 bits per heavy atom. The molecule has 0 fully saturated rings. The van der Waals surface area contributed by atoms with Gasteiger partial charge in [-0.2, -0.15) is 0 Å². The van der Waals surface area contributed by atoms with Crippen molar-refractivity contribution in [1.29, 1.82) is 0 Å². The van der Waals surface area contributed by atoms with Crippen LogP contribution in [0.5, 0.6) is 0 Å². The first-order valence-electron chi connectivity index (χ1n) is 5.15. The lowest BCUT2D eigenvalue weighted by Crippen LogP contribution is -2.47. The first-order chi connectivity index (χ1) is 6.21. The van der Waals surface area contributed by atoms with Gasteiger partial charge < -0.3 is 10.1 Å². The van der Waals surface area contributed by atoms with E-state index in [0.717, 1.165) is 13.0 Å². The number of halogens is 1. The van der Waals surface area contributed by atoms with Gasteiger partial charge in [0.2, 0.25) is 0 Å². The summed E-state index contributed by atoms with van der Waals surface area (Å²) < 4.78 is 5.34. The quantitative estimate of drug-likeness (QED) is 0.697. The first kappa shape index (κ1) is 14.2. The van der Waals surface area contributed by atoms with E-state index in [1.54, 1.807) is 7.11 Å². The molecular formula is C11H24ClNO. The van der Waals surface area contributed by atoms with Crippen LogP contribution in [0.15, 0.2) is 0 Å². The second kappa shape index (κ2) is 5.34. The number of hydrogen-bond acceptors (Lipinski definition) is 2. The lowest BCUT2D eigenvalue weighted by Gasteiger charge is -2.31. The number of methoxy groups -OCH3 is 1. The van der Waals surface area contributed by atoms with Gasteiger partial charge in [0.25, 0.3) is 0 Å². The van der Waals surface area contributed by atoms with Gasteiger partial charge in [-0.15, -0.1) is 11.6 Å². The lowest BCUT2D eigenvalue weighted by atomic mass is 9.99. The monoisotopic (exact) mass is 221 g/mol. The zero-order valence-corrected chi connectivity index (χ0v) is 11.0. The van der Waals surface area contributed by atoms with Crippen molar-refractivity contribution in [3.63, 3.8) is 0 Å². The molecule has 86 valence electrons. The Morgan fingerprint density at radius 2 is 1.79 bits per heavy atom. The van der Waals surface area contributed by atoms with Gasteiger partial charge in [0, 0.05) is 18.0 Å². The van der Waals surface area contributed by atoms with E-state index in [-0.39, 0.29) is 16.5 Å². The topological polar surface area (TPSA) is 21.3 Å². The Labute approximate surface area is 93.4 Å². The Kier molecular flexibility index (Phi) is 5.42.